The third-order valence-electron chi connectivity index (χ3n) is 5.68. The third kappa shape index (κ3) is 3.36. The van der Waals surface area contributed by atoms with Gasteiger partial charge in [-0.15, -0.1) is 0 Å². The molecule has 2 fully saturated rings. The van der Waals surface area contributed by atoms with Crippen LogP contribution in [0.15, 0.2) is 12.2 Å². The second kappa shape index (κ2) is 7.11. The van der Waals surface area contributed by atoms with Gasteiger partial charge in [-0.05, 0) is 44.1 Å². The number of carbonyl (C=O) groups excluding carboxylic acids is 1. The molecule has 124 valence electrons. The van der Waals surface area contributed by atoms with Gasteiger partial charge in [0, 0.05) is 12.6 Å². The van der Waals surface area contributed by atoms with Crippen LogP contribution in [-0.2, 0) is 4.79 Å². The van der Waals surface area contributed by atoms with E-state index in [0.717, 1.165) is 18.9 Å². The maximum atomic E-state index is 12.2. The van der Waals surface area contributed by atoms with E-state index >= 15 is 0 Å². The molecule has 0 radical (unpaired) electrons. The molecule has 1 saturated heterocycles. The van der Waals surface area contributed by atoms with E-state index in [1.165, 1.54) is 25.7 Å². The number of hydrogen-bond donors (Lipinski definition) is 4. The van der Waals surface area contributed by atoms with Crippen LogP contribution < -0.4 is 10.6 Å². The molecule has 6 unspecified atom stereocenters. The van der Waals surface area contributed by atoms with Crippen molar-refractivity contribution in [1.29, 1.82) is 0 Å². The van der Waals surface area contributed by atoms with Gasteiger partial charge in [-0.2, -0.15) is 0 Å². The molecule has 1 heterocycles. The fraction of sp³-hybridized carbons (Fsp3) is 0.824. The van der Waals surface area contributed by atoms with Gasteiger partial charge in [0.25, 0.3) is 0 Å². The zero-order valence-corrected chi connectivity index (χ0v) is 13.1. The summed E-state index contributed by atoms with van der Waals surface area (Å²) in [6, 6.07) is 0.682. The Morgan fingerprint density at radius 2 is 2.09 bits per heavy atom. The first-order chi connectivity index (χ1) is 10.7. The Labute approximate surface area is 132 Å². The van der Waals surface area contributed by atoms with E-state index in [2.05, 4.69) is 10.6 Å². The molecule has 0 spiro atoms. The minimum atomic E-state index is -0.875. The van der Waals surface area contributed by atoms with Gasteiger partial charge in [0.2, 0.25) is 5.91 Å². The van der Waals surface area contributed by atoms with Crippen LogP contribution in [0.5, 0.6) is 0 Å². The molecule has 0 aromatic carbocycles. The third-order valence-corrected chi connectivity index (χ3v) is 5.68. The SMILES string of the molecule is O=C(NCCC1CNC2CCCCC12)C1C(O)C=CCC1O. The monoisotopic (exact) mass is 308 g/mol. The predicted octanol–water partition coefficient (Wildman–Crippen LogP) is 0.569. The molecule has 3 aliphatic rings. The molecule has 0 aromatic rings. The van der Waals surface area contributed by atoms with Gasteiger partial charge in [0.05, 0.1) is 18.1 Å². The predicted molar refractivity (Wildman–Crippen MR) is 84.1 cm³/mol. The maximum absolute atomic E-state index is 12.2. The maximum Gasteiger partial charge on any atom is 0.228 e. The lowest BCUT2D eigenvalue weighted by Gasteiger charge is -2.29. The summed E-state index contributed by atoms with van der Waals surface area (Å²) in [6.45, 7) is 1.69. The minimum Gasteiger partial charge on any atom is -0.392 e. The van der Waals surface area contributed by atoms with Gasteiger partial charge < -0.3 is 20.8 Å². The van der Waals surface area contributed by atoms with Crippen LogP contribution in [0.4, 0.5) is 0 Å². The molecule has 0 aromatic heterocycles. The number of rotatable bonds is 4. The normalized spacial score (nSPS) is 41.2. The summed E-state index contributed by atoms with van der Waals surface area (Å²) < 4.78 is 0. The lowest BCUT2D eigenvalue weighted by molar-refractivity contribution is -0.132. The molecule has 5 heteroatoms. The highest BCUT2D eigenvalue weighted by Crippen LogP contribution is 2.35. The van der Waals surface area contributed by atoms with Crippen molar-refractivity contribution in [2.24, 2.45) is 17.8 Å². The van der Waals surface area contributed by atoms with E-state index in [4.69, 9.17) is 0 Å². The Balaban J connectivity index is 1.45. The molecular formula is C17H28N2O3. The number of hydrogen-bond acceptors (Lipinski definition) is 4. The smallest absolute Gasteiger partial charge is 0.228 e. The van der Waals surface area contributed by atoms with Gasteiger partial charge >= 0.3 is 0 Å². The van der Waals surface area contributed by atoms with Crippen LogP contribution in [0.2, 0.25) is 0 Å². The molecule has 5 nitrogen and oxygen atoms in total. The standard InChI is InChI=1S/C17H28N2O3/c20-14-6-3-7-15(21)16(14)17(22)18-9-8-11-10-19-13-5-2-1-4-12(11)13/h3,6,11-16,19-21H,1-2,4-5,7-10H2,(H,18,22). The molecule has 3 rings (SSSR count). The fourth-order valence-electron chi connectivity index (χ4n) is 4.43. The highest BCUT2D eigenvalue weighted by atomic mass is 16.3. The van der Waals surface area contributed by atoms with E-state index in [-0.39, 0.29) is 5.91 Å². The highest BCUT2D eigenvalue weighted by molar-refractivity contribution is 5.80. The summed E-state index contributed by atoms with van der Waals surface area (Å²) in [4.78, 5) is 12.2. The first-order valence-corrected chi connectivity index (χ1v) is 8.70. The van der Waals surface area contributed by atoms with Crippen LogP contribution in [0.3, 0.4) is 0 Å². The van der Waals surface area contributed by atoms with Crippen LogP contribution in [0, 0.1) is 17.8 Å². The molecule has 0 bridgehead atoms. The van der Waals surface area contributed by atoms with Gasteiger partial charge in [-0.1, -0.05) is 25.0 Å². The number of amides is 1. The number of carbonyl (C=O) groups is 1. The average Bonchev–Trinajstić information content (AvgIpc) is 2.91. The van der Waals surface area contributed by atoms with Gasteiger partial charge in [0.1, 0.15) is 0 Å². The minimum absolute atomic E-state index is 0.226. The molecule has 4 N–H and O–H groups in total. The van der Waals surface area contributed by atoms with Crippen molar-refractivity contribution in [3.8, 4) is 0 Å². The van der Waals surface area contributed by atoms with E-state index in [1.54, 1.807) is 12.2 Å². The first-order valence-electron chi connectivity index (χ1n) is 8.70. The van der Waals surface area contributed by atoms with Crippen molar-refractivity contribution in [2.75, 3.05) is 13.1 Å². The van der Waals surface area contributed by atoms with Crippen molar-refractivity contribution in [3.63, 3.8) is 0 Å². The highest BCUT2D eigenvalue weighted by Gasteiger charge is 2.37. The second-order valence-corrected chi connectivity index (χ2v) is 7.05. The Hall–Kier alpha value is -0.910. The topological polar surface area (TPSA) is 81.6 Å². The average molecular weight is 308 g/mol. The van der Waals surface area contributed by atoms with E-state index < -0.39 is 18.1 Å². The molecule has 1 amide bonds. The van der Waals surface area contributed by atoms with E-state index in [9.17, 15) is 15.0 Å². The van der Waals surface area contributed by atoms with Crippen molar-refractivity contribution in [1.82, 2.24) is 10.6 Å². The first kappa shape index (κ1) is 16.0. The van der Waals surface area contributed by atoms with Crippen molar-refractivity contribution in [2.45, 2.75) is 56.8 Å². The Morgan fingerprint density at radius 3 is 2.91 bits per heavy atom. The number of aliphatic hydroxyl groups is 2. The van der Waals surface area contributed by atoms with E-state index in [1.807, 2.05) is 0 Å². The second-order valence-electron chi connectivity index (χ2n) is 7.05. The van der Waals surface area contributed by atoms with Crippen LogP contribution in [-0.4, -0.2) is 47.5 Å². The summed E-state index contributed by atoms with van der Waals surface area (Å²) in [5.41, 5.74) is 0. The van der Waals surface area contributed by atoms with Gasteiger partial charge in [-0.3, -0.25) is 4.79 Å². The fourth-order valence-corrected chi connectivity index (χ4v) is 4.43. The van der Waals surface area contributed by atoms with Crippen molar-refractivity contribution < 1.29 is 15.0 Å². The zero-order chi connectivity index (χ0) is 15.5. The molecule has 2 aliphatic carbocycles. The zero-order valence-electron chi connectivity index (χ0n) is 13.1. The Kier molecular flexibility index (Phi) is 5.16. The molecule has 22 heavy (non-hydrogen) atoms. The Bertz CT molecular complexity index is 426. The van der Waals surface area contributed by atoms with Crippen molar-refractivity contribution in [3.05, 3.63) is 12.2 Å². The number of nitrogens with one attached hydrogen (secondary N) is 2. The van der Waals surface area contributed by atoms with E-state index in [0.29, 0.717) is 24.9 Å². The summed E-state index contributed by atoms with van der Waals surface area (Å²) in [6.07, 6.45) is 8.36. The summed E-state index contributed by atoms with van der Waals surface area (Å²) in [5, 5.41) is 26.3. The number of aliphatic hydroxyl groups excluding tert-OH is 2. The summed E-state index contributed by atoms with van der Waals surface area (Å²) in [7, 11) is 0. The summed E-state index contributed by atoms with van der Waals surface area (Å²) in [5.74, 6) is 0.454. The number of fused-ring (bicyclic) bond motifs is 1. The quantitative estimate of drug-likeness (QED) is 0.572. The van der Waals surface area contributed by atoms with Gasteiger partial charge in [0.15, 0.2) is 0 Å². The van der Waals surface area contributed by atoms with Crippen LogP contribution in [0.1, 0.15) is 38.5 Å². The molecule has 1 saturated carbocycles. The summed E-state index contributed by atoms with van der Waals surface area (Å²) >= 11 is 0. The molecule has 6 atom stereocenters. The van der Waals surface area contributed by atoms with Crippen molar-refractivity contribution >= 4 is 5.91 Å². The Morgan fingerprint density at radius 1 is 1.27 bits per heavy atom. The molecule has 1 aliphatic heterocycles. The van der Waals surface area contributed by atoms with Gasteiger partial charge in [-0.25, -0.2) is 0 Å². The largest absolute Gasteiger partial charge is 0.392 e. The van der Waals surface area contributed by atoms with Crippen LogP contribution >= 0.6 is 0 Å². The lowest BCUT2D eigenvalue weighted by atomic mass is 9.79. The molecular weight excluding hydrogens is 280 g/mol. The van der Waals surface area contributed by atoms with Crippen LogP contribution in [0.25, 0.3) is 0 Å². The lowest BCUT2D eigenvalue weighted by Crippen LogP contribution is -2.45.